The Morgan fingerprint density at radius 3 is 1.28 bits per heavy atom. The van der Waals surface area contributed by atoms with E-state index in [0.717, 1.165) is 9.80 Å². The molecule has 2 aliphatic heterocycles. The Morgan fingerprint density at radius 2 is 0.924 bits per heavy atom. The fourth-order valence-electron chi connectivity index (χ4n) is 8.39. The molecule has 4 aromatic rings. The van der Waals surface area contributed by atoms with E-state index in [1.165, 1.54) is 60.7 Å². The van der Waals surface area contributed by atoms with Crippen molar-refractivity contribution in [3.8, 4) is 23.0 Å². The van der Waals surface area contributed by atoms with E-state index in [-0.39, 0.29) is 110 Å². The van der Waals surface area contributed by atoms with E-state index < -0.39 is 85.6 Å². The number of esters is 2. The highest BCUT2D eigenvalue weighted by atomic mass is 16.6. The number of benzene rings is 4. The average molecular weight is 1100 g/mol. The van der Waals surface area contributed by atoms with Crippen molar-refractivity contribution < 1.29 is 91.9 Å². The summed E-state index contributed by atoms with van der Waals surface area (Å²) in [7, 11) is 0. The number of nitrogens with two attached hydrogens (primary N) is 4. The van der Waals surface area contributed by atoms with Crippen LogP contribution in [0, 0.1) is 0 Å². The molecule has 0 saturated heterocycles. The van der Waals surface area contributed by atoms with Gasteiger partial charge in [-0.2, -0.15) is 0 Å². The first-order valence-electron chi connectivity index (χ1n) is 24.5. The molecule has 79 heavy (non-hydrogen) atoms. The molecule has 2 aliphatic rings. The van der Waals surface area contributed by atoms with Crippen LogP contribution in [0.25, 0.3) is 0 Å². The molecule has 0 aliphatic carbocycles. The highest BCUT2D eigenvalue weighted by Gasteiger charge is 2.37. The molecule has 2 amide bonds. The molecule has 12 N–H and O–H groups in total. The predicted octanol–water partition coefficient (Wildman–Crippen LogP) is 2.08. The minimum atomic E-state index is -1.87. The molecular weight excluding hydrogens is 1040 g/mol. The number of ether oxygens (including phenoxy) is 7. The largest absolute Gasteiger partial charge is 0.489 e. The molecular formula is C52H58N8O19. The topological polar surface area (TPSA) is 417 Å². The van der Waals surface area contributed by atoms with Gasteiger partial charge in [-0.1, -0.05) is 12.1 Å². The summed E-state index contributed by atoms with van der Waals surface area (Å²) in [6.07, 6.45) is -0.630. The van der Waals surface area contributed by atoms with Crippen molar-refractivity contribution >= 4 is 70.9 Å². The van der Waals surface area contributed by atoms with Gasteiger partial charge in [0.15, 0.2) is 34.9 Å². The number of rotatable bonds is 24. The first-order valence-corrected chi connectivity index (χ1v) is 24.5. The van der Waals surface area contributed by atoms with Gasteiger partial charge in [-0.25, -0.2) is 29.2 Å². The van der Waals surface area contributed by atoms with Crippen LogP contribution in [0.5, 0.6) is 23.0 Å². The Hall–Kier alpha value is -9.34. The van der Waals surface area contributed by atoms with Crippen molar-refractivity contribution in [2.24, 2.45) is 32.9 Å². The van der Waals surface area contributed by atoms with Crippen LogP contribution >= 0.6 is 0 Å². The molecule has 27 nitrogen and oxygen atoms in total. The molecule has 0 radical (unpaired) electrons. The smallest absolute Gasteiger partial charge is 0.343 e. The molecule has 0 unspecified atom stereocenters. The maximum Gasteiger partial charge on any atom is 0.343 e. The summed E-state index contributed by atoms with van der Waals surface area (Å²) in [5, 5.41) is 39.5. The molecule has 0 aromatic heterocycles. The quantitative estimate of drug-likeness (QED) is 0.0164. The minimum Gasteiger partial charge on any atom is -0.489 e. The van der Waals surface area contributed by atoms with Crippen molar-refractivity contribution in [2.45, 2.75) is 50.6 Å². The molecule has 27 heteroatoms. The number of aliphatic carboxylic acids is 4. The van der Waals surface area contributed by atoms with Crippen LogP contribution in [-0.4, -0.2) is 168 Å². The number of hydrogen-bond donors (Lipinski definition) is 8. The van der Waals surface area contributed by atoms with E-state index in [1.54, 1.807) is 12.1 Å². The Labute approximate surface area is 450 Å². The second kappa shape index (κ2) is 28.2. The van der Waals surface area contributed by atoms with Crippen LogP contribution in [0.1, 0.15) is 78.2 Å². The maximum absolute atomic E-state index is 14.3. The molecule has 2 atom stereocenters. The zero-order chi connectivity index (χ0) is 57.2. The highest BCUT2D eigenvalue weighted by molar-refractivity contribution is 6.02. The van der Waals surface area contributed by atoms with E-state index in [9.17, 15) is 58.8 Å². The third kappa shape index (κ3) is 16.3. The lowest BCUT2D eigenvalue weighted by Crippen LogP contribution is -2.48. The maximum atomic E-state index is 14.3. The summed E-state index contributed by atoms with van der Waals surface area (Å²) in [6.45, 7) is -1.72. The lowest BCUT2D eigenvalue weighted by Gasteiger charge is -2.29. The Bertz CT molecular complexity index is 2800. The van der Waals surface area contributed by atoms with Gasteiger partial charge in [0.2, 0.25) is 0 Å². The summed E-state index contributed by atoms with van der Waals surface area (Å²) in [5.41, 5.74) is 24.0. The Kier molecular flexibility index (Phi) is 21.0. The fraction of sp³-hybridized carbons (Fsp3) is 0.346. The van der Waals surface area contributed by atoms with E-state index in [0.29, 0.717) is 48.2 Å². The molecule has 2 heterocycles. The zero-order valence-corrected chi connectivity index (χ0v) is 42.4. The molecule has 0 spiro atoms. The van der Waals surface area contributed by atoms with Gasteiger partial charge >= 0.3 is 35.8 Å². The van der Waals surface area contributed by atoms with E-state index in [1.807, 2.05) is 0 Å². The monoisotopic (exact) mass is 1100 g/mol. The number of hydrogen-bond acceptors (Lipinski definition) is 17. The number of nitrogens with zero attached hydrogens (tertiary/aromatic N) is 4. The summed E-state index contributed by atoms with van der Waals surface area (Å²) < 4.78 is 40.2. The van der Waals surface area contributed by atoms with Crippen molar-refractivity contribution in [1.82, 2.24) is 9.80 Å². The average Bonchev–Trinajstić information content (AvgIpc) is 3.39. The van der Waals surface area contributed by atoms with E-state index in [4.69, 9.17) is 56.1 Å². The normalized spacial score (nSPS) is 13.7. The van der Waals surface area contributed by atoms with Crippen LogP contribution in [0.3, 0.4) is 0 Å². The number of fused-ring (bicyclic) bond motifs is 4. The molecule has 4 aromatic carbocycles. The second-order valence-electron chi connectivity index (χ2n) is 17.4. The fourth-order valence-corrected chi connectivity index (χ4v) is 8.39. The number of guanidine groups is 2. The number of carboxylic acid groups (broad SMARTS) is 4. The summed E-state index contributed by atoms with van der Waals surface area (Å²) in [5.74, 6) is -10.8. The number of carbonyl (C=O) groups excluding carboxylic acids is 4. The number of carboxylic acids is 4. The number of amides is 2. The molecule has 0 bridgehead atoms. The SMILES string of the molecule is NC(N)=Nc1ccc2c(c1)CCCOc1c(cccc1C(=O)N(CCOCCOCCOCCN(C(=O)c1cccc3c1OCCCc1cc(N=C(N)N)ccc1C(=O)O3)[C@@H](CC(=O)O)C(=O)O)[C@@H](CC(=O)O)C(=O)O)OC2=O. The van der Waals surface area contributed by atoms with Gasteiger partial charge in [0.1, 0.15) is 12.1 Å². The minimum absolute atomic E-state index is 0.0129. The van der Waals surface area contributed by atoms with Gasteiger partial charge in [-0.05, 0) is 97.5 Å². The second-order valence-corrected chi connectivity index (χ2v) is 17.4. The lowest BCUT2D eigenvalue weighted by atomic mass is 10.0. The van der Waals surface area contributed by atoms with Crippen molar-refractivity contribution in [2.75, 3.05) is 65.9 Å². The van der Waals surface area contributed by atoms with Crippen LogP contribution in [0.2, 0.25) is 0 Å². The number of para-hydroxylation sites is 2. The molecule has 0 saturated carbocycles. The van der Waals surface area contributed by atoms with E-state index >= 15 is 0 Å². The number of aliphatic imine (C=N–C) groups is 2. The van der Waals surface area contributed by atoms with Crippen LogP contribution in [0.4, 0.5) is 11.4 Å². The third-order valence-electron chi connectivity index (χ3n) is 11.9. The van der Waals surface area contributed by atoms with Crippen molar-refractivity contribution in [3.05, 3.63) is 106 Å². The van der Waals surface area contributed by atoms with Gasteiger partial charge in [0.05, 0.1) is 99.3 Å². The summed E-state index contributed by atoms with van der Waals surface area (Å²) >= 11 is 0. The number of carbonyl (C=O) groups is 8. The molecule has 0 fully saturated rings. The van der Waals surface area contributed by atoms with Gasteiger partial charge in [-0.3, -0.25) is 19.2 Å². The molecule has 6 rings (SSSR count). The summed E-state index contributed by atoms with van der Waals surface area (Å²) in [6, 6.07) is 13.7. The van der Waals surface area contributed by atoms with Crippen molar-refractivity contribution in [1.29, 1.82) is 0 Å². The van der Waals surface area contributed by atoms with Crippen LogP contribution < -0.4 is 41.9 Å². The van der Waals surface area contributed by atoms with Gasteiger partial charge in [0, 0.05) is 13.1 Å². The van der Waals surface area contributed by atoms with Crippen LogP contribution in [0.15, 0.2) is 82.8 Å². The van der Waals surface area contributed by atoms with Gasteiger partial charge in [0.25, 0.3) is 11.8 Å². The first kappa shape index (κ1) is 58.9. The predicted molar refractivity (Wildman–Crippen MR) is 276 cm³/mol. The van der Waals surface area contributed by atoms with Gasteiger partial charge < -0.3 is 86.3 Å². The Balaban J connectivity index is 1.05. The lowest BCUT2D eigenvalue weighted by molar-refractivity contribution is -0.149. The zero-order valence-electron chi connectivity index (χ0n) is 42.4. The first-order chi connectivity index (χ1) is 37.8. The standard InChI is InChI=1S/C52H58N8O19/c53-51(54)57-31-11-13-33-29(25-31)5-3-17-76-43-35(7-1-9-39(43)78-49(33)71)45(65)59(37(47(67)68)27-41(61)62)15-19-73-21-23-75-24-22-74-20-16-60(38(48(69)70)28-42(63)64)46(66)36-8-2-10-40-44(36)77-18-4-6-30-26-32(58-52(55)56)12-14-34(30)50(72)79-40/h1-2,7-14,25-26,37-38H,3-6,15-24,27-28H2,(H,61,62)(H,63,64)(H,67,68)(H,69,70)(H4,53,54,57)(H4,55,56,58)/t37-,38-/m0/s1. The number of aryl methyl sites for hydroxylation is 2. The third-order valence-corrected chi connectivity index (χ3v) is 11.9. The Morgan fingerprint density at radius 1 is 0.544 bits per heavy atom. The van der Waals surface area contributed by atoms with Gasteiger partial charge in [-0.15, -0.1) is 0 Å². The van der Waals surface area contributed by atoms with Crippen LogP contribution in [-0.2, 0) is 46.2 Å². The highest BCUT2D eigenvalue weighted by Crippen LogP contribution is 2.37. The summed E-state index contributed by atoms with van der Waals surface area (Å²) in [4.78, 5) is 114. The van der Waals surface area contributed by atoms with E-state index in [2.05, 4.69) is 9.98 Å². The van der Waals surface area contributed by atoms with Crippen molar-refractivity contribution in [3.63, 3.8) is 0 Å². The molecule has 420 valence electrons.